The van der Waals surface area contributed by atoms with Crippen LogP contribution in [-0.2, 0) is 20.8 Å². The minimum atomic E-state index is -4.78. The van der Waals surface area contributed by atoms with Crippen LogP contribution in [0.4, 0.5) is 28.4 Å². The van der Waals surface area contributed by atoms with Gasteiger partial charge < -0.3 is 30.9 Å². The zero-order valence-corrected chi connectivity index (χ0v) is 26.4. The number of thioether (sulfide) groups is 1. The van der Waals surface area contributed by atoms with E-state index in [-0.39, 0.29) is 35.8 Å². The van der Waals surface area contributed by atoms with Gasteiger partial charge in [-0.25, -0.2) is 18.0 Å². The molecule has 0 aromatic heterocycles. The van der Waals surface area contributed by atoms with E-state index in [4.69, 9.17) is 0 Å². The number of sulfone groups is 1. The van der Waals surface area contributed by atoms with Crippen molar-refractivity contribution in [2.75, 3.05) is 50.0 Å². The zero-order chi connectivity index (χ0) is 33.6. The van der Waals surface area contributed by atoms with Gasteiger partial charge >= 0.3 is 18.3 Å². The first-order valence-electron chi connectivity index (χ1n) is 14.4. The summed E-state index contributed by atoms with van der Waals surface area (Å²) in [6, 6.07) is 7.05. The van der Waals surface area contributed by atoms with Crippen LogP contribution in [0.3, 0.4) is 0 Å². The Balaban J connectivity index is 1.46. The summed E-state index contributed by atoms with van der Waals surface area (Å²) >= 11 is 1.45. The van der Waals surface area contributed by atoms with Gasteiger partial charge in [0.05, 0.1) is 40.0 Å². The molecule has 4 rings (SSSR count). The number of nitrogens with zero attached hydrogens (tertiary/aromatic N) is 2. The Morgan fingerprint density at radius 3 is 2.28 bits per heavy atom. The lowest BCUT2D eigenvalue weighted by atomic mass is 9.93. The molecule has 17 heteroatoms. The van der Waals surface area contributed by atoms with Gasteiger partial charge in [0.15, 0.2) is 9.84 Å². The molecule has 2 aromatic carbocycles. The SMILES string of the molecule is CSc1ccc(S(=O)(=O)C[C@@H]2CCN(C(=O)O)C[C@@H]2NC(=O)CNC(=O)c2cc(C(F)(F)F)ccc2NC(=O)N2CCCC2)cc1. The van der Waals surface area contributed by atoms with Gasteiger partial charge in [0, 0.05) is 31.1 Å². The predicted octanol–water partition coefficient (Wildman–Crippen LogP) is 3.74. The molecule has 2 fully saturated rings. The Bertz CT molecular complexity index is 1570. The van der Waals surface area contributed by atoms with Crippen molar-refractivity contribution in [3.63, 3.8) is 0 Å². The predicted molar refractivity (Wildman–Crippen MR) is 164 cm³/mol. The third kappa shape index (κ3) is 8.84. The molecular weight excluding hydrogens is 651 g/mol. The van der Waals surface area contributed by atoms with Gasteiger partial charge in [-0.3, -0.25) is 9.59 Å². The van der Waals surface area contributed by atoms with E-state index in [1.54, 1.807) is 12.1 Å². The third-order valence-electron chi connectivity index (χ3n) is 7.86. The van der Waals surface area contributed by atoms with Crippen molar-refractivity contribution in [1.29, 1.82) is 0 Å². The summed E-state index contributed by atoms with van der Waals surface area (Å²) < 4.78 is 66.7. The van der Waals surface area contributed by atoms with Gasteiger partial charge in [0.1, 0.15) is 0 Å². The number of urea groups is 1. The first-order valence-corrected chi connectivity index (χ1v) is 17.2. The summed E-state index contributed by atoms with van der Waals surface area (Å²) in [5.74, 6) is -2.93. The van der Waals surface area contributed by atoms with Crippen LogP contribution in [0.2, 0.25) is 0 Å². The van der Waals surface area contributed by atoms with Crippen LogP contribution in [-0.4, -0.2) is 98.0 Å². The Morgan fingerprint density at radius 1 is 1.00 bits per heavy atom. The van der Waals surface area contributed by atoms with Crippen LogP contribution in [0, 0.1) is 5.92 Å². The van der Waals surface area contributed by atoms with Crippen molar-refractivity contribution in [2.45, 2.75) is 41.3 Å². The van der Waals surface area contributed by atoms with E-state index in [0.717, 1.165) is 34.8 Å². The highest BCUT2D eigenvalue weighted by Crippen LogP contribution is 2.32. The van der Waals surface area contributed by atoms with E-state index in [2.05, 4.69) is 16.0 Å². The molecule has 2 atom stereocenters. The summed E-state index contributed by atoms with van der Waals surface area (Å²) in [5.41, 5.74) is -1.83. The summed E-state index contributed by atoms with van der Waals surface area (Å²) in [5, 5.41) is 16.8. The first-order chi connectivity index (χ1) is 21.7. The number of nitrogens with one attached hydrogen (secondary N) is 3. The number of alkyl halides is 3. The molecule has 2 aliphatic rings. The molecule has 0 bridgehead atoms. The molecule has 2 aromatic rings. The number of hydrogen-bond donors (Lipinski definition) is 4. The Kier molecular flexibility index (Phi) is 11.1. The van der Waals surface area contributed by atoms with Crippen molar-refractivity contribution in [2.24, 2.45) is 5.92 Å². The van der Waals surface area contributed by atoms with Crippen LogP contribution in [0.15, 0.2) is 52.3 Å². The average Bonchev–Trinajstić information content (AvgIpc) is 3.56. The second-order valence-electron chi connectivity index (χ2n) is 11.0. The molecule has 250 valence electrons. The standard InChI is InChI=1S/C29H34F3N5O7S2/c1-45-20-5-7-21(8-6-20)46(43,44)17-18-10-13-37(28(41)42)16-24(18)34-25(38)15-33-26(39)22-14-19(29(30,31)32)4-9-23(22)35-27(40)36-11-2-3-12-36/h4-9,14,18,24H,2-3,10-13,15-17H2,1H3,(H,33,39)(H,34,38)(H,35,40)(H,41,42)/t18-,24-/m0/s1. The van der Waals surface area contributed by atoms with Crippen LogP contribution in [0.5, 0.6) is 0 Å². The quantitative estimate of drug-likeness (QED) is 0.290. The molecule has 4 N–H and O–H groups in total. The van der Waals surface area contributed by atoms with Gasteiger partial charge in [-0.2, -0.15) is 13.2 Å². The second-order valence-corrected chi connectivity index (χ2v) is 13.9. The highest BCUT2D eigenvalue weighted by atomic mass is 32.2. The number of amides is 5. The number of anilines is 1. The Morgan fingerprint density at radius 2 is 1.67 bits per heavy atom. The summed E-state index contributed by atoms with van der Waals surface area (Å²) in [6.07, 6.45) is -2.52. The second kappa shape index (κ2) is 14.6. The fraction of sp³-hybridized carbons (Fsp3) is 0.448. The molecule has 46 heavy (non-hydrogen) atoms. The van der Waals surface area contributed by atoms with E-state index in [1.165, 1.54) is 28.8 Å². The fourth-order valence-electron chi connectivity index (χ4n) is 5.34. The molecule has 2 saturated heterocycles. The lowest BCUT2D eigenvalue weighted by Gasteiger charge is -2.37. The normalized spacial score (nSPS) is 18.6. The molecule has 0 aliphatic carbocycles. The van der Waals surface area contributed by atoms with Crippen molar-refractivity contribution in [1.82, 2.24) is 20.4 Å². The monoisotopic (exact) mass is 685 g/mol. The Labute approximate surface area is 268 Å². The van der Waals surface area contributed by atoms with Gasteiger partial charge in [-0.05, 0) is 73.9 Å². The number of rotatable bonds is 9. The van der Waals surface area contributed by atoms with Gasteiger partial charge in [0.2, 0.25) is 5.91 Å². The molecule has 0 saturated carbocycles. The Hall–Kier alpha value is -3.99. The lowest BCUT2D eigenvalue weighted by Crippen LogP contribution is -2.56. The minimum Gasteiger partial charge on any atom is -0.465 e. The lowest BCUT2D eigenvalue weighted by molar-refractivity contribution is -0.137. The van der Waals surface area contributed by atoms with Crippen LogP contribution in [0.25, 0.3) is 0 Å². The summed E-state index contributed by atoms with van der Waals surface area (Å²) in [4.78, 5) is 53.7. The number of piperidine rings is 1. The molecule has 2 aliphatic heterocycles. The van der Waals surface area contributed by atoms with Crippen molar-refractivity contribution < 1.29 is 45.9 Å². The highest BCUT2D eigenvalue weighted by molar-refractivity contribution is 7.98. The van der Waals surface area contributed by atoms with E-state index in [0.29, 0.717) is 19.2 Å². The number of carbonyl (C=O) groups excluding carboxylic acids is 3. The largest absolute Gasteiger partial charge is 0.465 e. The van der Waals surface area contributed by atoms with E-state index in [9.17, 15) is 45.9 Å². The van der Waals surface area contributed by atoms with E-state index >= 15 is 0 Å². The number of likely N-dealkylation sites (tertiary alicyclic amines) is 2. The number of hydrogen-bond acceptors (Lipinski definition) is 7. The molecule has 5 amide bonds. The molecule has 12 nitrogen and oxygen atoms in total. The summed E-state index contributed by atoms with van der Waals surface area (Å²) in [7, 11) is -3.82. The van der Waals surface area contributed by atoms with E-state index < -0.39 is 69.6 Å². The molecule has 2 heterocycles. The smallest absolute Gasteiger partial charge is 0.416 e. The van der Waals surface area contributed by atoms with Gasteiger partial charge in [0.25, 0.3) is 5.91 Å². The maximum atomic E-state index is 13.4. The first kappa shape index (κ1) is 34.9. The molecule has 0 radical (unpaired) electrons. The highest BCUT2D eigenvalue weighted by Gasteiger charge is 2.36. The number of carbonyl (C=O) groups is 4. The maximum absolute atomic E-state index is 13.4. The number of halogens is 3. The fourth-order valence-corrected chi connectivity index (χ4v) is 7.46. The number of benzene rings is 2. The van der Waals surface area contributed by atoms with Gasteiger partial charge in [-0.15, -0.1) is 11.8 Å². The van der Waals surface area contributed by atoms with Crippen molar-refractivity contribution in [3.8, 4) is 0 Å². The molecular formula is C29H34F3N5O7S2. The van der Waals surface area contributed by atoms with Crippen LogP contribution in [0.1, 0.15) is 35.2 Å². The third-order valence-corrected chi connectivity index (χ3v) is 10.5. The summed E-state index contributed by atoms with van der Waals surface area (Å²) in [6.45, 7) is 0.0443. The van der Waals surface area contributed by atoms with Gasteiger partial charge in [-0.1, -0.05) is 0 Å². The number of carboxylic acid groups (broad SMARTS) is 1. The van der Waals surface area contributed by atoms with Crippen LogP contribution < -0.4 is 16.0 Å². The molecule has 0 spiro atoms. The maximum Gasteiger partial charge on any atom is 0.416 e. The zero-order valence-electron chi connectivity index (χ0n) is 24.8. The van der Waals surface area contributed by atoms with E-state index in [1.807, 2.05) is 6.26 Å². The van der Waals surface area contributed by atoms with Crippen molar-refractivity contribution >= 4 is 51.2 Å². The topological polar surface area (TPSA) is 165 Å². The van der Waals surface area contributed by atoms with Crippen LogP contribution >= 0.6 is 11.8 Å². The minimum absolute atomic E-state index is 0.0471. The van der Waals surface area contributed by atoms with Crippen molar-refractivity contribution in [3.05, 3.63) is 53.6 Å². The molecule has 0 unspecified atom stereocenters. The average molecular weight is 686 g/mol.